The van der Waals surface area contributed by atoms with Crippen molar-refractivity contribution in [3.63, 3.8) is 0 Å². The molecular formula is C18H24O6. The van der Waals surface area contributed by atoms with Crippen molar-refractivity contribution in [2.75, 3.05) is 39.6 Å². The molecule has 2 atom stereocenters. The van der Waals surface area contributed by atoms with Gasteiger partial charge in [-0.15, -0.1) is 0 Å². The van der Waals surface area contributed by atoms with Gasteiger partial charge in [-0.2, -0.15) is 0 Å². The van der Waals surface area contributed by atoms with Crippen LogP contribution >= 0.6 is 0 Å². The van der Waals surface area contributed by atoms with Crippen molar-refractivity contribution < 1.29 is 28.5 Å². The maximum atomic E-state index is 12.5. The number of carbonyl (C=O) groups is 1. The number of rotatable bonds is 11. The summed E-state index contributed by atoms with van der Waals surface area (Å²) in [4.78, 5) is 12.5. The van der Waals surface area contributed by atoms with E-state index >= 15 is 0 Å². The number of ketones is 1. The molecule has 1 aromatic carbocycles. The molecule has 0 bridgehead atoms. The van der Waals surface area contributed by atoms with Gasteiger partial charge in [0.25, 0.3) is 0 Å². The highest BCUT2D eigenvalue weighted by molar-refractivity contribution is 6.02. The monoisotopic (exact) mass is 336 g/mol. The first-order valence-electron chi connectivity index (χ1n) is 8.27. The fourth-order valence-electron chi connectivity index (χ4n) is 2.18. The van der Waals surface area contributed by atoms with Gasteiger partial charge in [0.2, 0.25) is 0 Å². The molecule has 24 heavy (non-hydrogen) atoms. The van der Waals surface area contributed by atoms with Crippen molar-refractivity contribution in [2.24, 2.45) is 0 Å². The maximum Gasteiger partial charge on any atom is 0.194 e. The van der Waals surface area contributed by atoms with E-state index in [1.807, 2.05) is 0 Å². The molecule has 0 saturated carbocycles. The number of Topliss-reactive ketones (excluding diaryl/α,β-unsaturated/α-hetero) is 1. The van der Waals surface area contributed by atoms with Crippen molar-refractivity contribution in [1.29, 1.82) is 0 Å². The van der Waals surface area contributed by atoms with Crippen LogP contribution in [0.1, 0.15) is 24.2 Å². The van der Waals surface area contributed by atoms with E-state index in [1.54, 1.807) is 38.1 Å². The standard InChI is InChI=1S/C18H24O6/c1-18(2,24-12-16-11-23-16)17(19)13-3-5-14(6-4-13)21-8-7-20-9-15-10-22-15/h3-6,15-16H,7-12H2,1-2H3. The number of hydrogen-bond donors (Lipinski definition) is 0. The molecule has 0 amide bonds. The molecule has 2 aliphatic heterocycles. The molecule has 0 aliphatic carbocycles. The normalized spacial score (nSPS) is 22.2. The first kappa shape index (κ1) is 17.4. The van der Waals surface area contributed by atoms with E-state index in [0.29, 0.717) is 44.3 Å². The highest BCUT2D eigenvalue weighted by atomic mass is 16.6. The highest BCUT2D eigenvalue weighted by Crippen LogP contribution is 2.22. The van der Waals surface area contributed by atoms with Crippen LogP contribution in [0.3, 0.4) is 0 Å². The van der Waals surface area contributed by atoms with Crippen LogP contribution in [0.25, 0.3) is 0 Å². The van der Waals surface area contributed by atoms with E-state index in [2.05, 4.69) is 0 Å². The summed E-state index contributed by atoms with van der Waals surface area (Å²) in [6.45, 7) is 7.13. The molecule has 6 heteroatoms. The first-order valence-corrected chi connectivity index (χ1v) is 8.27. The Morgan fingerprint density at radius 2 is 1.71 bits per heavy atom. The average Bonchev–Trinajstić information content (AvgIpc) is 3.47. The Balaban J connectivity index is 1.42. The van der Waals surface area contributed by atoms with Crippen molar-refractivity contribution in [3.8, 4) is 5.75 Å². The zero-order valence-corrected chi connectivity index (χ0v) is 14.2. The summed E-state index contributed by atoms with van der Waals surface area (Å²) in [7, 11) is 0. The fraction of sp³-hybridized carbons (Fsp3) is 0.611. The van der Waals surface area contributed by atoms with Gasteiger partial charge in [0.15, 0.2) is 5.78 Å². The van der Waals surface area contributed by atoms with Gasteiger partial charge >= 0.3 is 0 Å². The molecule has 1 aromatic rings. The van der Waals surface area contributed by atoms with Gasteiger partial charge in [-0.3, -0.25) is 4.79 Å². The SMILES string of the molecule is CC(C)(OCC1CO1)C(=O)c1ccc(OCCOCC2CO2)cc1. The topological polar surface area (TPSA) is 69.8 Å². The average molecular weight is 336 g/mol. The summed E-state index contributed by atoms with van der Waals surface area (Å²) in [5.41, 5.74) is -0.265. The Labute approximate surface area is 142 Å². The van der Waals surface area contributed by atoms with Gasteiger partial charge in [0.05, 0.1) is 33.0 Å². The predicted octanol–water partition coefficient (Wildman–Crippen LogP) is 1.86. The van der Waals surface area contributed by atoms with Gasteiger partial charge in [-0.1, -0.05) is 0 Å². The Hall–Kier alpha value is -1.47. The molecule has 2 heterocycles. The summed E-state index contributed by atoms with van der Waals surface area (Å²) in [6.07, 6.45) is 0.411. The minimum absolute atomic E-state index is 0.0533. The molecule has 0 radical (unpaired) electrons. The lowest BCUT2D eigenvalue weighted by molar-refractivity contribution is -0.0100. The predicted molar refractivity (Wildman–Crippen MR) is 86.6 cm³/mol. The zero-order valence-electron chi connectivity index (χ0n) is 14.2. The van der Waals surface area contributed by atoms with Crippen LogP contribution in [0.2, 0.25) is 0 Å². The molecule has 2 saturated heterocycles. The molecule has 2 aliphatic rings. The van der Waals surface area contributed by atoms with Crippen molar-refractivity contribution in [1.82, 2.24) is 0 Å². The van der Waals surface area contributed by atoms with E-state index in [0.717, 1.165) is 6.61 Å². The largest absolute Gasteiger partial charge is 0.491 e. The molecule has 6 nitrogen and oxygen atoms in total. The molecule has 2 unspecified atom stereocenters. The molecular weight excluding hydrogens is 312 g/mol. The second-order valence-electron chi connectivity index (χ2n) is 6.51. The van der Waals surface area contributed by atoms with Crippen LogP contribution < -0.4 is 4.74 Å². The second-order valence-corrected chi connectivity index (χ2v) is 6.51. The van der Waals surface area contributed by atoms with Gasteiger partial charge in [-0.05, 0) is 38.1 Å². The Morgan fingerprint density at radius 3 is 2.33 bits per heavy atom. The third-order valence-corrected chi connectivity index (χ3v) is 3.90. The van der Waals surface area contributed by atoms with Crippen molar-refractivity contribution in [2.45, 2.75) is 31.7 Å². The van der Waals surface area contributed by atoms with Gasteiger partial charge < -0.3 is 23.7 Å². The summed E-state index contributed by atoms with van der Waals surface area (Å²) < 4.78 is 26.8. The van der Waals surface area contributed by atoms with E-state index in [4.69, 9.17) is 23.7 Å². The Morgan fingerprint density at radius 1 is 1.08 bits per heavy atom. The first-order chi connectivity index (χ1) is 11.5. The number of ether oxygens (including phenoxy) is 5. The summed E-state index contributed by atoms with van der Waals surface area (Å²) in [5, 5.41) is 0. The Kier molecular flexibility index (Phi) is 5.50. The molecule has 0 N–H and O–H groups in total. The minimum Gasteiger partial charge on any atom is -0.491 e. The van der Waals surface area contributed by atoms with E-state index < -0.39 is 5.60 Å². The molecule has 3 rings (SSSR count). The number of hydrogen-bond acceptors (Lipinski definition) is 6. The third-order valence-electron chi connectivity index (χ3n) is 3.90. The van der Waals surface area contributed by atoms with Crippen molar-refractivity contribution in [3.05, 3.63) is 29.8 Å². The van der Waals surface area contributed by atoms with Crippen LogP contribution in [0.4, 0.5) is 0 Å². The van der Waals surface area contributed by atoms with E-state index in [1.165, 1.54) is 0 Å². The fourth-order valence-corrected chi connectivity index (χ4v) is 2.18. The third kappa shape index (κ3) is 5.27. The summed E-state index contributed by atoms with van der Waals surface area (Å²) >= 11 is 0. The van der Waals surface area contributed by atoms with E-state index in [-0.39, 0.29) is 18.0 Å². The van der Waals surface area contributed by atoms with Crippen LogP contribution in [0.15, 0.2) is 24.3 Å². The molecule has 132 valence electrons. The zero-order chi connectivity index (χ0) is 17.0. The minimum atomic E-state index is -0.868. The molecule has 0 aromatic heterocycles. The Bertz CT molecular complexity index is 545. The van der Waals surface area contributed by atoms with Crippen LogP contribution in [-0.4, -0.2) is 63.2 Å². The quantitative estimate of drug-likeness (QED) is 0.349. The van der Waals surface area contributed by atoms with Crippen LogP contribution in [0, 0.1) is 0 Å². The van der Waals surface area contributed by atoms with Crippen LogP contribution in [-0.2, 0) is 18.9 Å². The number of benzene rings is 1. The maximum absolute atomic E-state index is 12.5. The number of epoxide rings is 2. The van der Waals surface area contributed by atoms with Gasteiger partial charge in [0, 0.05) is 5.56 Å². The lowest BCUT2D eigenvalue weighted by Gasteiger charge is -2.23. The smallest absolute Gasteiger partial charge is 0.194 e. The van der Waals surface area contributed by atoms with Crippen LogP contribution in [0.5, 0.6) is 5.75 Å². The van der Waals surface area contributed by atoms with E-state index in [9.17, 15) is 4.79 Å². The summed E-state index contributed by atoms with van der Waals surface area (Å²) in [5.74, 6) is 0.658. The van der Waals surface area contributed by atoms with Gasteiger partial charge in [0.1, 0.15) is 30.2 Å². The number of carbonyl (C=O) groups excluding carboxylic acids is 1. The highest BCUT2D eigenvalue weighted by Gasteiger charge is 2.33. The molecule has 2 fully saturated rings. The van der Waals surface area contributed by atoms with Gasteiger partial charge in [-0.25, -0.2) is 0 Å². The lowest BCUT2D eigenvalue weighted by Crippen LogP contribution is -2.36. The summed E-state index contributed by atoms with van der Waals surface area (Å²) in [6, 6.07) is 7.10. The van der Waals surface area contributed by atoms with Crippen molar-refractivity contribution >= 4 is 5.78 Å². The second kappa shape index (κ2) is 7.61. The molecule has 0 spiro atoms. The lowest BCUT2D eigenvalue weighted by atomic mass is 9.96.